The zero-order chi connectivity index (χ0) is 10.8. The molecule has 78 valence electrons. The quantitative estimate of drug-likeness (QED) is 0.666. The van der Waals surface area contributed by atoms with Gasteiger partial charge in [0.15, 0.2) is 0 Å². The second-order valence-electron chi connectivity index (χ2n) is 3.99. The molecule has 0 radical (unpaired) electrons. The number of rotatable bonds is 2. The zero-order valence-electron chi connectivity index (χ0n) is 8.78. The molecule has 0 aromatic heterocycles. The highest BCUT2D eigenvalue weighted by molar-refractivity contribution is 5.36. The second kappa shape index (κ2) is 4.04. The van der Waals surface area contributed by atoms with Gasteiger partial charge >= 0.3 is 0 Å². The van der Waals surface area contributed by atoms with Gasteiger partial charge in [0.1, 0.15) is 6.17 Å². The standard InChI is InChI=1S/C13H14FN/c1-3-8-15(2)12-9-10-6-4-5-7-11(10)13(12)14/h1,4-7,12-13H,8-9H2,2H3. The van der Waals surface area contributed by atoms with E-state index in [0.29, 0.717) is 6.54 Å². The number of hydrogen-bond donors (Lipinski definition) is 0. The van der Waals surface area contributed by atoms with Crippen LogP contribution in [-0.4, -0.2) is 24.5 Å². The Morgan fingerprint density at radius 2 is 2.27 bits per heavy atom. The number of terminal acetylenes is 1. The van der Waals surface area contributed by atoms with Crippen LogP contribution < -0.4 is 0 Å². The van der Waals surface area contributed by atoms with Gasteiger partial charge in [-0.2, -0.15) is 0 Å². The smallest absolute Gasteiger partial charge is 0.141 e. The molecule has 2 heteroatoms. The Labute approximate surface area is 89.9 Å². The van der Waals surface area contributed by atoms with Crippen LogP contribution >= 0.6 is 0 Å². The summed E-state index contributed by atoms with van der Waals surface area (Å²) in [5.41, 5.74) is 1.94. The van der Waals surface area contributed by atoms with Gasteiger partial charge in [-0.15, -0.1) is 6.42 Å². The molecule has 0 aliphatic heterocycles. The summed E-state index contributed by atoms with van der Waals surface area (Å²) < 4.78 is 14.0. The van der Waals surface area contributed by atoms with Crippen molar-refractivity contribution in [3.8, 4) is 12.3 Å². The van der Waals surface area contributed by atoms with Gasteiger partial charge in [0.25, 0.3) is 0 Å². The fraction of sp³-hybridized carbons (Fsp3) is 0.385. The van der Waals surface area contributed by atoms with Crippen molar-refractivity contribution in [3.63, 3.8) is 0 Å². The van der Waals surface area contributed by atoms with Crippen molar-refractivity contribution >= 4 is 0 Å². The molecule has 15 heavy (non-hydrogen) atoms. The molecule has 0 bridgehead atoms. The number of alkyl halides is 1. The van der Waals surface area contributed by atoms with E-state index < -0.39 is 6.17 Å². The van der Waals surface area contributed by atoms with Crippen molar-refractivity contribution in [1.82, 2.24) is 4.90 Å². The maximum Gasteiger partial charge on any atom is 0.141 e. The molecule has 0 N–H and O–H groups in total. The number of halogens is 1. The van der Waals surface area contributed by atoms with E-state index >= 15 is 0 Å². The van der Waals surface area contributed by atoms with Crippen molar-refractivity contribution in [2.24, 2.45) is 0 Å². The summed E-state index contributed by atoms with van der Waals surface area (Å²) in [6.45, 7) is 0.499. The third-order valence-electron chi connectivity index (χ3n) is 3.03. The monoisotopic (exact) mass is 203 g/mol. The number of fused-ring (bicyclic) bond motifs is 1. The van der Waals surface area contributed by atoms with E-state index in [1.54, 1.807) is 0 Å². The lowest BCUT2D eigenvalue weighted by Gasteiger charge is -2.23. The molecule has 0 saturated carbocycles. The summed E-state index contributed by atoms with van der Waals surface area (Å²) in [5.74, 6) is 2.55. The fourth-order valence-corrected chi connectivity index (χ4v) is 2.17. The normalized spacial score (nSPS) is 23.9. The van der Waals surface area contributed by atoms with Gasteiger partial charge in [-0.3, -0.25) is 4.90 Å². The van der Waals surface area contributed by atoms with Gasteiger partial charge in [0.2, 0.25) is 0 Å². The summed E-state index contributed by atoms with van der Waals surface area (Å²) >= 11 is 0. The summed E-state index contributed by atoms with van der Waals surface area (Å²) in [4.78, 5) is 1.91. The number of nitrogens with zero attached hydrogens (tertiary/aromatic N) is 1. The van der Waals surface area contributed by atoms with Crippen LogP contribution in [0.25, 0.3) is 0 Å². The van der Waals surface area contributed by atoms with Gasteiger partial charge in [0, 0.05) is 6.04 Å². The largest absolute Gasteiger partial charge is 0.289 e. The van der Waals surface area contributed by atoms with E-state index in [0.717, 1.165) is 17.5 Å². The Morgan fingerprint density at radius 1 is 1.53 bits per heavy atom. The number of hydrogen-bond acceptors (Lipinski definition) is 1. The minimum atomic E-state index is -0.903. The molecule has 0 amide bonds. The molecule has 1 aromatic carbocycles. The molecule has 1 aliphatic rings. The van der Waals surface area contributed by atoms with E-state index in [9.17, 15) is 4.39 Å². The maximum absolute atomic E-state index is 14.0. The Bertz CT molecular complexity index is 394. The van der Waals surface area contributed by atoms with Crippen LogP contribution in [0, 0.1) is 12.3 Å². The molecule has 1 nitrogen and oxygen atoms in total. The summed E-state index contributed by atoms with van der Waals surface area (Å²) in [7, 11) is 1.88. The minimum absolute atomic E-state index is 0.0987. The number of benzene rings is 1. The predicted molar refractivity (Wildman–Crippen MR) is 59.2 cm³/mol. The third kappa shape index (κ3) is 1.75. The van der Waals surface area contributed by atoms with Gasteiger partial charge in [-0.1, -0.05) is 30.2 Å². The van der Waals surface area contributed by atoms with Crippen LogP contribution in [0.4, 0.5) is 4.39 Å². The Kier molecular flexibility index (Phi) is 2.75. The van der Waals surface area contributed by atoms with E-state index in [-0.39, 0.29) is 6.04 Å². The average molecular weight is 203 g/mol. The Hall–Kier alpha value is -1.33. The van der Waals surface area contributed by atoms with Crippen molar-refractivity contribution in [2.45, 2.75) is 18.6 Å². The second-order valence-corrected chi connectivity index (χ2v) is 3.99. The molecular formula is C13H14FN. The van der Waals surface area contributed by atoms with Gasteiger partial charge in [0.05, 0.1) is 6.54 Å². The molecule has 2 rings (SSSR count). The lowest BCUT2D eigenvalue weighted by molar-refractivity contribution is 0.164. The van der Waals surface area contributed by atoms with Crippen LogP contribution in [0.2, 0.25) is 0 Å². The van der Waals surface area contributed by atoms with E-state index in [4.69, 9.17) is 6.42 Å². The average Bonchev–Trinajstić information content (AvgIpc) is 2.57. The van der Waals surface area contributed by atoms with Crippen molar-refractivity contribution < 1.29 is 4.39 Å². The maximum atomic E-state index is 14.0. The van der Waals surface area contributed by atoms with Gasteiger partial charge in [-0.05, 0) is 24.6 Å². The molecule has 0 saturated heterocycles. The summed E-state index contributed by atoms with van der Waals surface area (Å²) in [6, 6.07) is 7.60. The highest BCUT2D eigenvalue weighted by Gasteiger charge is 2.34. The SMILES string of the molecule is C#CCN(C)C1Cc2ccccc2C1F. The minimum Gasteiger partial charge on any atom is -0.289 e. The first-order valence-corrected chi connectivity index (χ1v) is 5.09. The van der Waals surface area contributed by atoms with E-state index in [1.807, 2.05) is 36.2 Å². The molecule has 0 fully saturated rings. The van der Waals surface area contributed by atoms with Gasteiger partial charge in [-0.25, -0.2) is 4.39 Å². The highest BCUT2D eigenvalue weighted by atomic mass is 19.1. The predicted octanol–water partition coefficient (Wildman–Crippen LogP) is 2.19. The van der Waals surface area contributed by atoms with Crippen molar-refractivity contribution in [1.29, 1.82) is 0 Å². The first-order chi connectivity index (χ1) is 7.24. The van der Waals surface area contributed by atoms with Crippen LogP contribution in [-0.2, 0) is 6.42 Å². The Morgan fingerprint density at radius 3 is 2.93 bits per heavy atom. The van der Waals surface area contributed by atoms with Crippen molar-refractivity contribution in [3.05, 3.63) is 35.4 Å². The molecule has 1 aromatic rings. The first-order valence-electron chi connectivity index (χ1n) is 5.09. The highest BCUT2D eigenvalue weighted by Crippen LogP contribution is 2.36. The van der Waals surface area contributed by atoms with Crippen LogP contribution in [0.15, 0.2) is 24.3 Å². The van der Waals surface area contributed by atoms with Crippen LogP contribution in [0.3, 0.4) is 0 Å². The van der Waals surface area contributed by atoms with Crippen LogP contribution in [0.1, 0.15) is 17.3 Å². The van der Waals surface area contributed by atoms with E-state index in [1.165, 1.54) is 0 Å². The topological polar surface area (TPSA) is 3.24 Å². The molecule has 2 unspecified atom stereocenters. The summed E-state index contributed by atoms with van der Waals surface area (Å²) in [5, 5.41) is 0. The first kappa shape index (κ1) is 10.2. The van der Waals surface area contributed by atoms with Crippen LogP contribution in [0.5, 0.6) is 0 Å². The van der Waals surface area contributed by atoms with E-state index in [2.05, 4.69) is 5.92 Å². The fourth-order valence-electron chi connectivity index (χ4n) is 2.17. The lowest BCUT2D eigenvalue weighted by atomic mass is 10.1. The molecular weight excluding hydrogens is 189 g/mol. The molecule has 0 spiro atoms. The lowest BCUT2D eigenvalue weighted by Crippen LogP contribution is -2.34. The molecule has 1 aliphatic carbocycles. The Balaban J connectivity index is 2.20. The third-order valence-corrected chi connectivity index (χ3v) is 3.03. The zero-order valence-corrected chi connectivity index (χ0v) is 8.78. The number of likely N-dealkylation sites (N-methyl/N-ethyl adjacent to an activating group) is 1. The van der Waals surface area contributed by atoms with Gasteiger partial charge < -0.3 is 0 Å². The molecule has 0 heterocycles. The van der Waals surface area contributed by atoms with Crippen molar-refractivity contribution in [2.75, 3.05) is 13.6 Å². The molecule has 2 atom stereocenters. The summed E-state index contributed by atoms with van der Waals surface area (Å²) in [6.07, 6.45) is 5.09.